The number of hydrogen-bond acceptors (Lipinski definition) is 5. The van der Waals surface area contributed by atoms with Gasteiger partial charge in [0.2, 0.25) is 5.91 Å². The van der Waals surface area contributed by atoms with Gasteiger partial charge in [-0.3, -0.25) is 4.79 Å². The third-order valence-electron chi connectivity index (χ3n) is 4.34. The zero-order valence-corrected chi connectivity index (χ0v) is 14.3. The molecule has 0 spiro atoms. The average molecular weight is 316 g/mol. The lowest BCUT2D eigenvalue weighted by atomic mass is 9.83. The second-order valence-electron chi connectivity index (χ2n) is 5.76. The maximum Gasteiger partial charge on any atom is 0.220 e. The third-order valence-corrected chi connectivity index (χ3v) is 4.34. The first-order valence-corrected chi connectivity index (χ1v) is 8.31. The fourth-order valence-corrected chi connectivity index (χ4v) is 2.85. The predicted molar refractivity (Wildman–Crippen MR) is 85.7 cm³/mol. The molecule has 0 aromatic heterocycles. The monoisotopic (exact) mass is 316 g/mol. The van der Waals surface area contributed by atoms with E-state index in [2.05, 4.69) is 10.6 Å². The summed E-state index contributed by atoms with van der Waals surface area (Å²) in [5.41, 5.74) is 0. The molecule has 2 N–H and O–H groups in total. The molecule has 1 saturated carbocycles. The Labute approximate surface area is 134 Å². The number of amides is 1. The predicted octanol–water partition coefficient (Wildman–Crippen LogP) is 1.30. The topological polar surface area (TPSA) is 68.8 Å². The minimum Gasteiger partial charge on any atom is -0.380 e. The Hall–Kier alpha value is -0.690. The number of nitrogens with one attached hydrogen (secondary N) is 2. The van der Waals surface area contributed by atoms with E-state index in [0.717, 1.165) is 45.4 Å². The molecule has 0 heterocycles. The van der Waals surface area contributed by atoms with Gasteiger partial charge in [0.05, 0.1) is 6.61 Å². The van der Waals surface area contributed by atoms with Crippen molar-refractivity contribution in [1.82, 2.24) is 10.6 Å². The van der Waals surface area contributed by atoms with Crippen LogP contribution in [0.3, 0.4) is 0 Å². The highest BCUT2D eigenvalue weighted by Gasteiger charge is 2.35. The van der Waals surface area contributed by atoms with Gasteiger partial charge >= 0.3 is 0 Å². The van der Waals surface area contributed by atoms with Gasteiger partial charge in [-0.05, 0) is 25.7 Å². The molecule has 6 heteroatoms. The average Bonchev–Trinajstić information content (AvgIpc) is 2.55. The molecular weight excluding hydrogens is 284 g/mol. The van der Waals surface area contributed by atoms with E-state index in [1.54, 1.807) is 14.2 Å². The van der Waals surface area contributed by atoms with E-state index in [4.69, 9.17) is 14.2 Å². The first-order valence-electron chi connectivity index (χ1n) is 8.31. The van der Waals surface area contributed by atoms with Crippen LogP contribution in [-0.2, 0) is 19.0 Å². The molecule has 0 atom stereocenters. The van der Waals surface area contributed by atoms with Crippen LogP contribution in [0, 0.1) is 5.92 Å². The summed E-state index contributed by atoms with van der Waals surface area (Å²) in [6.07, 6.45) is 4.26. The first-order chi connectivity index (χ1) is 10.7. The van der Waals surface area contributed by atoms with Crippen molar-refractivity contribution in [2.45, 2.75) is 44.8 Å². The molecule has 0 radical (unpaired) electrons. The Bertz CT molecular complexity index is 299. The molecule has 1 aliphatic carbocycles. The van der Waals surface area contributed by atoms with Crippen molar-refractivity contribution >= 4 is 5.91 Å². The van der Waals surface area contributed by atoms with Crippen molar-refractivity contribution in [2.24, 2.45) is 5.92 Å². The van der Waals surface area contributed by atoms with E-state index in [1.165, 1.54) is 0 Å². The highest BCUT2D eigenvalue weighted by atomic mass is 16.7. The summed E-state index contributed by atoms with van der Waals surface area (Å²) in [7, 11) is 3.38. The molecule has 0 aromatic carbocycles. The van der Waals surface area contributed by atoms with Gasteiger partial charge in [-0.15, -0.1) is 0 Å². The van der Waals surface area contributed by atoms with Crippen molar-refractivity contribution in [3.8, 4) is 0 Å². The molecule has 0 unspecified atom stereocenters. The lowest BCUT2D eigenvalue weighted by Crippen LogP contribution is -2.39. The van der Waals surface area contributed by atoms with Crippen LogP contribution in [0.5, 0.6) is 0 Å². The summed E-state index contributed by atoms with van der Waals surface area (Å²) in [6, 6.07) is 0. The summed E-state index contributed by atoms with van der Waals surface area (Å²) in [4.78, 5) is 11.9. The van der Waals surface area contributed by atoms with Crippen molar-refractivity contribution < 1.29 is 19.0 Å². The molecule has 1 rings (SSSR count). The van der Waals surface area contributed by atoms with Crippen LogP contribution in [0.2, 0.25) is 0 Å². The second kappa shape index (κ2) is 10.9. The molecule has 6 nitrogen and oxygen atoms in total. The van der Waals surface area contributed by atoms with Gasteiger partial charge in [-0.2, -0.15) is 0 Å². The molecule has 0 bridgehead atoms. The zero-order chi connectivity index (χ0) is 16.3. The highest BCUT2D eigenvalue weighted by Crippen LogP contribution is 2.36. The molecule has 130 valence electrons. The Balaban J connectivity index is 2.06. The molecule has 0 aliphatic heterocycles. The molecule has 0 saturated heterocycles. The zero-order valence-electron chi connectivity index (χ0n) is 14.3. The molecule has 22 heavy (non-hydrogen) atoms. The van der Waals surface area contributed by atoms with Crippen molar-refractivity contribution in [3.63, 3.8) is 0 Å². The van der Waals surface area contributed by atoms with Gasteiger partial charge in [0, 0.05) is 59.7 Å². The lowest BCUT2D eigenvalue weighted by molar-refractivity contribution is -0.227. The largest absolute Gasteiger partial charge is 0.380 e. The van der Waals surface area contributed by atoms with Gasteiger partial charge in [0.1, 0.15) is 0 Å². The fraction of sp³-hybridized carbons (Fsp3) is 0.938. The number of methoxy groups -OCH3 is 2. The Morgan fingerprint density at radius 2 is 1.82 bits per heavy atom. The van der Waals surface area contributed by atoms with Crippen molar-refractivity contribution in [3.05, 3.63) is 0 Å². The third kappa shape index (κ3) is 7.05. The van der Waals surface area contributed by atoms with Gasteiger partial charge in [-0.25, -0.2) is 0 Å². The van der Waals surface area contributed by atoms with Gasteiger partial charge in [0.15, 0.2) is 5.79 Å². The number of carbonyl (C=O) groups excluding carboxylic acids is 1. The minimum absolute atomic E-state index is 0.138. The van der Waals surface area contributed by atoms with Crippen LogP contribution >= 0.6 is 0 Å². The summed E-state index contributed by atoms with van der Waals surface area (Å²) < 4.78 is 16.1. The lowest BCUT2D eigenvalue weighted by Gasteiger charge is -2.37. The Kier molecular flexibility index (Phi) is 9.63. The quantitative estimate of drug-likeness (QED) is 0.444. The van der Waals surface area contributed by atoms with Gasteiger partial charge < -0.3 is 24.8 Å². The van der Waals surface area contributed by atoms with E-state index in [0.29, 0.717) is 25.5 Å². The Morgan fingerprint density at radius 3 is 2.41 bits per heavy atom. The molecular formula is C16H32N2O4. The normalized spacial score (nSPS) is 18.3. The summed E-state index contributed by atoms with van der Waals surface area (Å²) in [5.74, 6) is 0.139. The van der Waals surface area contributed by atoms with Crippen LogP contribution in [0.4, 0.5) is 0 Å². The minimum atomic E-state index is -0.433. The number of hydrogen-bond donors (Lipinski definition) is 2. The maximum absolute atomic E-state index is 11.9. The standard InChI is InChI=1S/C16H32N2O4/c1-4-22-12-11-17-9-10-18-15(19)13-14-5-7-16(20-2,21-3)8-6-14/h14,17H,4-13H2,1-3H3,(H,18,19). The first kappa shape index (κ1) is 19.4. The van der Waals surface area contributed by atoms with E-state index in [1.807, 2.05) is 6.92 Å². The van der Waals surface area contributed by atoms with Crippen LogP contribution in [-0.4, -0.2) is 58.8 Å². The SMILES string of the molecule is CCOCCNCCNC(=O)CC1CCC(OC)(OC)CC1. The van der Waals surface area contributed by atoms with E-state index in [-0.39, 0.29) is 5.91 Å². The number of carbonyl (C=O) groups is 1. The van der Waals surface area contributed by atoms with E-state index >= 15 is 0 Å². The van der Waals surface area contributed by atoms with Crippen molar-refractivity contribution in [2.75, 3.05) is 47.1 Å². The maximum atomic E-state index is 11.9. The Morgan fingerprint density at radius 1 is 1.14 bits per heavy atom. The molecule has 1 fully saturated rings. The van der Waals surface area contributed by atoms with Crippen LogP contribution in [0.1, 0.15) is 39.0 Å². The summed E-state index contributed by atoms with van der Waals surface area (Å²) in [5, 5.41) is 6.20. The molecule has 0 aromatic rings. The second-order valence-corrected chi connectivity index (χ2v) is 5.76. The number of rotatable bonds is 11. The van der Waals surface area contributed by atoms with E-state index in [9.17, 15) is 4.79 Å². The summed E-state index contributed by atoms with van der Waals surface area (Å²) >= 11 is 0. The van der Waals surface area contributed by atoms with Gasteiger partial charge in [-0.1, -0.05) is 0 Å². The van der Waals surface area contributed by atoms with Crippen LogP contribution < -0.4 is 10.6 Å². The van der Waals surface area contributed by atoms with Gasteiger partial charge in [0.25, 0.3) is 0 Å². The molecule has 1 amide bonds. The van der Waals surface area contributed by atoms with Crippen molar-refractivity contribution in [1.29, 1.82) is 0 Å². The van der Waals surface area contributed by atoms with Crippen LogP contribution in [0.25, 0.3) is 0 Å². The van der Waals surface area contributed by atoms with E-state index < -0.39 is 5.79 Å². The highest BCUT2D eigenvalue weighted by molar-refractivity contribution is 5.76. The van der Waals surface area contributed by atoms with Crippen LogP contribution in [0.15, 0.2) is 0 Å². The molecule has 1 aliphatic rings. The number of ether oxygens (including phenoxy) is 3. The summed E-state index contributed by atoms with van der Waals surface area (Å²) in [6.45, 7) is 5.70. The fourth-order valence-electron chi connectivity index (χ4n) is 2.85. The smallest absolute Gasteiger partial charge is 0.220 e.